The van der Waals surface area contributed by atoms with E-state index in [1.807, 2.05) is 0 Å². The number of amides is 1. The lowest BCUT2D eigenvalue weighted by molar-refractivity contribution is -0.134. The van der Waals surface area contributed by atoms with Gasteiger partial charge in [0.25, 0.3) is 0 Å². The summed E-state index contributed by atoms with van der Waals surface area (Å²) in [7, 11) is 0. The van der Waals surface area contributed by atoms with Crippen molar-refractivity contribution in [3.8, 4) is 0 Å². The van der Waals surface area contributed by atoms with Crippen LogP contribution in [0.1, 0.15) is 24.8 Å². The van der Waals surface area contributed by atoms with Gasteiger partial charge >= 0.3 is 0 Å². The summed E-state index contributed by atoms with van der Waals surface area (Å²) in [6, 6.07) is 4.78. The van der Waals surface area contributed by atoms with E-state index in [2.05, 4.69) is 15.9 Å². The third-order valence-electron chi connectivity index (χ3n) is 6.07. The number of rotatable bonds is 5. The molecular formula is C18H21BrFNO2. The molecule has 3 aliphatic rings. The Morgan fingerprint density at radius 3 is 2.65 bits per heavy atom. The predicted octanol–water partition coefficient (Wildman–Crippen LogP) is 3.20. The highest BCUT2D eigenvalue weighted by atomic mass is 79.9. The fraction of sp³-hybridized carbons (Fsp3) is 0.611. The maximum Gasteiger partial charge on any atom is 0.226 e. The third-order valence-corrected chi connectivity index (χ3v) is 6.56. The number of benzene rings is 1. The minimum absolute atomic E-state index is 0.0870. The fourth-order valence-electron chi connectivity index (χ4n) is 5.12. The molecule has 5 atom stereocenters. The highest BCUT2D eigenvalue weighted by molar-refractivity contribution is 9.10. The molecule has 0 saturated heterocycles. The molecule has 23 heavy (non-hydrogen) atoms. The Balaban J connectivity index is 1.50. The quantitative estimate of drug-likeness (QED) is 0.850. The Hall–Kier alpha value is -0.940. The zero-order chi connectivity index (χ0) is 16.1. The molecule has 0 spiro atoms. The Morgan fingerprint density at radius 2 is 2.00 bits per heavy atom. The normalized spacial score (nSPS) is 33.6. The molecule has 0 aliphatic heterocycles. The van der Waals surface area contributed by atoms with E-state index in [1.165, 1.54) is 25.3 Å². The van der Waals surface area contributed by atoms with Crippen LogP contribution in [0.15, 0.2) is 22.7 Å². The third kappa shape index (κ3) is 2.62. The first kappa shape index (κ1) is 15.6. The van der Waals surface area contributed by atoms with Gasteiger partial charge in [0.1, 0.15) is 5.82 Å². The number of aliphatic hydroxyl groups is 1. The summed E-state index contributed by atoms with van der Waals surface area (Å²) in [5.41, 5.74) is 0.495. The molecule has 0 radical (unpaired) electrons. The van der Waals surface area contributed by atoms with E-state index in [4.69, 9.17) is 0 Å². The topological polar surface area (TPSA) is 40.5 Å². The number of aliphatic hydroxyl groups excluding tert-OH is 1. The van der Waals surface area contributed by atoms with Gasteiger partial charge in [-0.15, -0.1) is 0 Å². The molecule has 3 saturated carbocycles. The summed E-state index contributed by atoms with van der Waals surface area (Å²) in [5.74, 6) is 2.53. The lowest BCUT2D eigenvalue weighted by Crippen LogP contribution is -2.36. The van der Waals surface area contributed by atoms with E-state index >= 15 is 0 Å². The maximum atomic E-state index is 14.0. The van der Waals surface area contributed by atoms with Crippen molar-refractivity contribution in [3.05, 3.63) is 34.1 Å². The van der Waals surface area contributed by atoms with E-state index < -0.39 is 0 Å². The average molecular weight is 382 g/mol. The number of hydrogen-bond donors (Lipinski definition) is 1. The molecule has 0 aromatic heterocycles. The van der Waals surface area contributed by atoms with Gasteiger partial charge in [0.2, 0.25) is 5.91 Å². The van der Waals surface area contributed by atoms with Gasteiger partial charge in [-0.2, -0.15) is 0 Å². The molecule has 4 rings (SSSR count). The van der Waals surface area contributed by atoms with Gasteiger partial charge in [-0.1, -0.05) is 15.9 Å². The summed E-state index contributed by atoms with van der Waals surface area (Å²) in [6.07, 6.45) is 3.85. The smallest absolute Gasteiger partial charge is 0.226 e. The van der Waals surface area contributed by atoms with Crippen LogP contribution in [-0.4, -0.2) is 29.1 Å². The van der Waals surface area contributed by atoms with E-state index in [-0.39, 0.29) is 37.3 Å². The van der Waals surface area contributed by atoms with Crippen molar-refractivity contribution >= 4 is 21.8 Å². The second-order valence-electron chi connectivity index (χ2n) is 7.23. The summed E-state index contributed by atoms with van der Waals surface area (Å²) < 4.78 is 14.8. The van der Waals surface area contributed by atoms with Crippen LogP contribution in [0, 0.1) is 35.4 Å². The number of hydrogen-bond acceptors (Lipinski definition) is 2. The monoisotopic (exact) mass is 381 g/mol. The average Bonchev–Trinajstić information content (AvgIpc) is 2.96. The van der Waals surface area contributed by atoms with Crippen molar-refractivity contribution in [1.29, 1.82) is 0 Å². The van der Waals surface area contributed by atoms with Crippen LogP contribution < -0.4 is 0 Å². The highest BCUT2D eigenvalue weighted by Crippen LogP contribution is 2.69. The van der Waals surface area contributed by atoms with Gasteiger partial charge in [0.15, 0.2) is 0 Å². The van der Waals surface area contributed by atoms with Crippen molar-refractivity contribution in [1.82, 2.24) is 4.90 Å². The van der Waals surface area contributed by atoms with Crippen molar-refractivity contribution in [3.63, 3.8) is 0 Å². The number of carbonyl (C=O) groups is 1. The Morgan fingerprint density at radius 1 is 1.30 bits per heavy atom. The molecule has 5 heteroatoms. The first-order valence-corrected chi connectivity index (χ1v) is 9.23. The SMILES string of the molecule is O=C(C1[C@@H]2[C@H]3CC[C@@H](C3)[C@H]12)N(CCO)Cc1cc(Br)ccc1F. The van der Waals surface area contributed by atoms with E-state index in [9.17, 15) is 14.3 Å². The van der Waals surface area contributed by atoms with Crippen molar-refractivity contribution in [2.45, 2.75) is 25.8 Å². The largest absolute Gasteiger partial charge is 0.395 e. The van der Waals surface area contributed by atoms with Crippen LogP contribution in [0.25, 0.3) is 0 Å². The molecule has 3 nitrogen and oxygen atoms in total. The minimum Gasteiger partial charge on any atom is -0.395 e. The maximum absolute atomic E-state index is 14.0. The van der Waals surface area contributed by atoms with Gasteiger partial charge in [-0.25, -0.2) is 4.39 Å². The Bertz CT molecular complexity index is 621. The zero-order valence-electron chi connectivity index (χ0n) is 12.9. The molecule has 2 bridgehead atoms. The summed E-state index contributed by atoms with van der Waals surface area (Å²) in [6.45, 7) is 0.419. The number of halogens is 2. The predicted molar refractivity (Wildman–Crippen MR) is 87.9 cm³/mol. The number of fused-ring (bicyclic) bond motifs is 5. The second-order valence-corrected chi connectivity index (χ2v) is 8.15. The molecule has 1 N–H and O–H groups in total. The van der Waals surface area contributed by atoms with Gasteiger partial charge in [-0.3, -0.25) is 4.79 Å². The van der Waals surface area contributed by atoms with E-state index in [0.29, 0.717) is 17.4 Å². The molecule has 1 aromatic rings. The molecule has 1 aromatic carbocycles. The summed E-state index contributed by atoms with van der Waals surface area (Å²) in [5, 5.41) is 9.31. The molecule has 1 unspecified atom stereocenters. The van der Waals surface area contributed by atoms with E-state index in [1.54, 1.807) is 17.0 Å². The fourth-order valence-corrected chi connectivity index (χ4v) is 5.53. The standard InChI is InChI=1S/C18H21BrFNO2/c19-13-3-4-14(20)12(8-13)9-21(5-6-22)18(23)17-15-10-1-2-11(7-10)16(15)17/h3-4,8,10-11,15-17,22H,1-2,5-7,9H2/t10-,11-,15-,16+,17?/m0/s1. The van der Waals surface area contributed by atoms with Crippen LogP contribution >= 0.6 is 15.9 Å². The molecule has 124 valence electrons. The van der Waals surface area contributed by atoms with E-state index in [0.717, 1.165) is 16.3 Å². The Labute approximate surface area is 144 Å². The zero-order valence-corrected chi connectivity index (χ0v) is 14.5. The first-order chi connectivity index (χ1) is 11.1. The van der Waals surface area contributed by atoms with Crippen molar-refractivity contribution in [2.75, 3.05) is 13.2 Å². The Kier molecular flexibility index (Phi) is 3.96. The lowest BCUT2D eigenvalue weighted by atomic mass is 10.0. The van der Waals surface area contributed by atoms with Crippen LogP contribution in [0.3, 0.4) is 0 Å². The minimum atomic E-state index is -0.306. The second kappa shape index (κ2) is 5.85. The van der Waals surface area contributed by atoms with Gasteiger partial charge in [0.05, 0.1) is 6.61 Å². The van der Waals surface area contributed by atoms with Crippen LogP contribution in [0.4, 0.5) is 4.39 Å². The van der Waals surface area contributed by atoms with Crippen LogP contribution in [0.2, 0.25) is 0 Å². The number of carbonyl (C=O) groups excluding carboxylic acids is 1. The van der Waals surface area contributed by atoms with Crippen LogP contribution in [0.5, 0.6) is 0 Å². The van der Waals surface area contributed by atoms with Crippen LogP contribution in [-0.2, 0) is 11.3 Å². The van der Waals surface area contributed by atoms with Gasteiger partial charge < -0.3 is 10.0 Å². The molecule has 3 aliphatic carbocycles. The van der Waals surface area contributed by atoms with Crippen molar-refractivity contribution in [2.24, 2.45) is 29.6 Å². The number of nitrogens with zero attached hydrogens (tertiary/aromatic N) is 1. The molecular weight excluding hydrogens is 361 g/mol. The molecule has 1 amide bonds. The molecule has 3 fully saturated rings. The summed E-state index contributed by atoms with van der Waals surface area (Å²) in [4.78, 5) is 14.6. The molecule has 0 heterocycles. The van der Waals surface area contributed by atoms with Gasteiger partial charge in [0, 0.05) is 29.0 Å². The summed E-state index contributed by atoms with van der Waals surface area (Å²) >= 11 is 3.35. The van der Waals surface area contributed by atoms with Gasteiger partial charge in [-0.05, 0) is 61.1 Å². The van der Waals surface area contributed by atoms with Crippen molar-refractivity contribution < 1.29 is 14.3 Å². The highest BCUT2D eigenvalue weighted by Gasteiger charge is 2.67. The lowest BCUT2D eigenvalue weighted by Gasteiger charge is -2.24. The first-order valence-electron chi connectivity index (χ1n) is 8.43.